The Labute approximate surface area is 175 Å². The maximum absolute atomic E-state index is 12.4. The second-order valence-corrected chi connectivity index (χ2v) is 7.91. The van der Waals surface area contributed by atoms with Crippen molar-refractivity contribution < 1.29 is 18.7 Å². The molecule has 0 saturated carbocycles. The van der Waals surface area contributed by atoms with Gasteiger partial charge in [0.15, 0.2) is 0 Å². The first-order valence-corrected chi connectivity index (χ1v) is 9.96. The number of halogens is 1. The summed E-state index contributed by atoms with van der Waals surface area (Å²) in [5.74, 6) is 1.36. The predicted octanol–water partition coefficient (Wildman–Crippen LogP) is 4.64. The van der Waals surface area contributed by atoms with Crippen LogP contribution < -0.4 is 14.8 Å². The molecule has 0 spiro atoms. The van der Waals surface area contributed by atoms with Gasteiger partial charge in [0.05, 0.1) is 25.0 Å². The monoisotopic (exact) mass is 463 g/mol. The normalized spacial score (nSPS) is 11.7. The number of thioether (sulfide) groups is 1. The average Bonchev–Trinajstić information content (AvgIpc) is 3.15. The fraction of sp³-hybridized carbons (Fsp3) is 0.211. The van der Waals surface area contributed by atoms with Crippen LogP contribution >= 0.6 is 27.7 Å². The zero-order valence-corrected chi connectivity index (χ0v) is 17.8. The van der Waals surface area contributed by atoms with E-state index in [1.54, 1.807) is 39.3 Å². The number of carbonyl (C=O) groups excluding carboxylic acids is 1. The van der Waals surface area contributed by atoms with E-state index >= 15 is 0 Å². The Morgan fingerprint density at radius 1 is 1.18 bits per heavy atom. The molecule has 1 amide bonds. The van der Waals surface area contributed by atoms with Crippen molar-refractivity contribution >= 4 is 39.3 Å². The van der Waals surface area contributed by atoms with Crippen molar-refractivity contribution in [3.05, 3.63) is 46.9 Å². The first kappa shape index (κ1) is 20.2. The van der Waals surface area contributed by atoms with Gasteiger partial charge in [-0.15, -0.1) is 10.2 Å². The molecule has 3 rings (SSSR count). The van der Waals surface area contributed by atoms with Gasteiger partial charge in [-0.25, -0.2) is 0 Å². The van der Waals surface area contributed by atoms with Crippen LogP contribution in [0.2, 0.25) is 0 Å². The van der Waals surface area contributed by atoms with E-state index in [4.69, 9.17) is 13.9 Å². The molecular formula is C19H18BrN3O4S. The molecule has 28 heavy (non-hydrogen) atoms. The maximum Gasteiger partial charge on any atom is 0.277 e. The highest BCUT2D eigenvalue weighted by molar-refractivity contribution is 9.10. The van der Waals surface area contributed by atoms with E-state index in [0.717, 1.165) is 4.47 Å². The molecule has 1 heterocycles. The number of amides is 1. The van der Waals surface area contributed by atoms with E-state index < -0.39 is 5.25 Å². The molecule has 9 heteroatoms. The Hall–Kier alpha value is -2.52. The first-order valence-electron chi connectivity index (χ1n) is 8.29. The molecule has 1 unspecified atom stereocenters. The second-order valence-electron chi connectivity index (χ2n) is 5.70. The molecule has 2 aromatic carbocycles. The van der Waals surface area contributed by atoms with Crippen LogP contribution in [0.25, 0.3) is 11.5 Å². The molecule has 0 radical (unpaired) electrons. The molecular weight excluding hydrogens is 446 g/mol. The number of aromatic nitrogens is 2. The van der Waals surface area contributed by atoms with E-state index in [9.17, 15) is 4.79 Å². The van der Waals surface area contributed by atoms with Crippen LogP contribution in [0.4, 0.5) is 5.69 Å². The van der Waals surface area contributed by atoms with Crippen molar-refractivity contribution in [2.24, 2.45) is 0 Å². The van der Waals surface area contributed by atoms with Gasteiger partial charge in [-0.3, -0.25) is 4.79 Å². The van der Waals surface area contributed by atoms with Crippen LogP contribution in [0.5, 0.6) is 11.5 Å². The highest BCUT2D eigenvalue weighted by Gasteiger charge is 2.20. The van der Waals surface area contributed by atoms with Crippen molar-refractivity contribution in [1.82, 2.24) is 10.2 Å². The van der Waals surface area contributed by atoms with Crippen molar-refractivity contribution in [3.63, 3.8) is 0 Å². The van der Waals surface area contributed by atoms with Gasteiger partial charge in [0, 0.05) is 16.2 Å². The lowest BCUT2D eigenvalue weighted by molar-refractivity contribution is -0.115. The van der Waals surface area contributed by atoms with Gasteiger partial charge in [0.1, 0.15) is 11.5 Å². The van der Waals surface area contributed by atoms with Crippen LogP contribution in [-0.4, -0.2) is 35.6 Å². The number of methoxy groups -OCH3 is 2. The number of ether oxygens (including phenoxy) is 2. The second kappa shape index (κ2) is 9.11. The summed E-state index contributed by atoms with van der Waals surface area (Å²) in [4.78, 5) is 12.4. The Kier molecular flexibility index (Phi) is 6.58. The standard InChI is InChI=1S/C19H18BrN3O4S/c1-11(17(24)21-13-6-4-5-12(20)9-13)28-19-23-22-18(27-19)15-8-7-14(25-2)10-16(15)26-3/h4-11H,1-3H3,(H,21,24). The Bertz CT molecular complexity index is 979. The predicted molar refractivity (Wildman–Crippen MR) is 111 cm³/mol. The summed E-state index contributed by atoms with van der Waals surface area (Å²) in [5.41, 5.74) is 1.36. The third-order valence-electron chi connectivity index (χ3n) is 3.78. The van der Waals surface area contributed by atoms with Gasteiger partial charge in [0.25, 0.3) is 11.1 Å². The van der Waals surface area contributed by atoms with Gasteiger partial charge in [-0.05, 0) is 37.3 Å². The van der Waals surface area contributed by atoms with Crippen LogP contribution in [0.15, 0.2) is 56.6 Å². The number of hydrogen-bond acceptors (Lipinski definition) is 7. The minimum atomic E-state index is -0.426. The molecule has 1 aromatic heterocycles. The molecule has 146 valence electrons. The summed E-state index contributed by atoms with van der Waals surface area (Å²) >= 11 is 4.56. The van der Waals surface area contributed by atoms with E-state index in [1.807, 2.05) is 24.3 Å². The summed E-state index contributed by atoms with van der Waals surface area (Å²) in [6.07, 6.45) is 0. The van der Waals surface area contributed by atoms with E-state index in [1.165, 1.54) is 11.8 Å². The third kappa shape index (κ3) is 4.85. The zero-order valence-electron chi connectivity index (χ0n) is 15.4. The summed E-state index contributed by atoms with van der Waals surface area (Å²) in [5, 5.41) is 10.8. The van der Waals surface area contributed by atoms with Crippen molar-refractivity contribution in [1.29, 1.82) is 0 Å². The lowest BCUT2D eigenvalue weighted by Crippen LogP contribution is -2.22. The fourth-order valence-electron chi connectivity index (χ4n) is 2.36. The zero-order chi connectivity index (χ0) is 20.1. The minimum absolute atomic E-state index is 0.162. The van der Waals surface area contributed by atoms with Crippen LogP contribution in [-0.2, 0) is 4.79 Å². The third-order valence-corrected chi connectivity index (χ3v) is 5.21. The number of anilines is 1. The summed E-state index contributed by atoms with van der Waals surface area (Å²) in [6, 6.07) is 12.7. The van der Waals surface area contributed by atoms with E-state index in [0.29, 0.717) is 33.9 Å². The van der Waals surface area contributed by atoms with E-state index in [-0.39, 0.29) is 5.91 Å². The highest BCUT2D eigenvalue weighted by atomic mass is 79.9. The van der Waals surface area contributed by atoms with Crippen molar-refractivity contribution in [2.75, 3.05) is 19.5 Å². The molecule has 0 fully saturated rings. The SMILES string of the molecule is COc1ccc(-c2nnc(SC(C)C(=O)Nc3cccc(Br)c3)o2)c(OC)c1. The first-order chi connectivity index (χ1) is 13.5. The number of carbonyl (C=O) groups is 1. The van der Waals surface area contributed by atoms with Crippen LogP contribution in [0.3, 0.4) is 0 Å². The lowest BCUT2D eigenvalue weighted by atomic mass is 10.2. The maximum atomic E-state index is 12.4. The van der Waals surface area contributed by atoms with Gasteiger partial charge in [-0.1, -0.05) is 33.8 Å². The smallest absolute Gasteiger partial charge is 0.277 e. The van der Waals surface area contributed by atoms with Crippen LogP contribution in [0, 0.1) is 0 Å². The number of rotatable bonds is 7. The minimum Gasteiger partial charge on any atom is -0.497 e. The fourth-order valence-corrected chi connectivity index (χ4v) is 3.44. The van der Waals surface area contributed by atoms with E-state index in [2.05, 4.69) is 31.4 Å². The number of nitrogens with zero attached hydrogens (tertiary/aromatic N) is 2. The Morgan fingerprint density at radius 3 is 2.71 bits per heavy atom. The highest BCUT2D eigenvalue weighted by Crippen LogP contribution is 2.34. The van der Waals surface area contributed by atoms with Crippen LogP contribution in [0.1, 0.15) is 6.92 Å². The molecule has 0 aliphatic rings. The summed E-state index contributed by atoms with van der Waals surface area (Å²) < 4.78 is 17.2. The molecule has 0 aliphatic heterocycles. The van der Waals surface area contributed by atoms with Crippen molar-refractivity contribution in [2.45, 2.75) is 17.4 Å². The molecule has 3 aromatic rings. The Morgan fingerprint density at radius 2 is 2.00 bits per heavy atom. The number of hydrogen-bond donors (Lipinski definition) is 1. The van der Waals surface area contributed by atoms with Crippen molar-refractivity contribution in [3.8, 4) is 23.0 Å². The summed E-state index contributed by atoms with van der Waals surface area (Å²) in [6.45, 7) is 1.77. The summed E-state index contributed by atoms with van der Waals surface area (Å²) in [7, 11) is 3.13. The molecule has 0 saturated heterocycles. The van der Waals surface area contributed by atoms with Gasteiger partial charge in [-0.2, -0.15) is 0 Å². The lowest BCUT2D eigenvalue weighted by Gasteiger charge is -2.10. The molecule has 1 N–H and O–H groups in total. The molecule has 7 nitrogen and oxygen atoms in total. The average molecular weight is 464 g/mol. The quantitative estimate of drug-likeness (QED) is 0.510. The number of nitrogens with one attached hydrogen (secondary N) is 1. The molecule has 0 bridgehead atoms. The van der Waals surface area contributed by atoms with Gasteiger partial charge in [0.2, 0.25) is 5.91 Å². The largest absolute Gasteiger partial charge is 0.497 e. The van der Waals surface area contributed by atoms with Gasteiger partial charge < -0.3 is 19.2 Å². The molecule has 1 atom stereocenters. The number of benzene rings is 2. The molecule has 0 aliphatic carbocycles. The topological polar surface area (TPSA) is 86.5 Å². The Balaban J connectivity index is 1.69. The van der Waals surface area contributed by atoms with Gasteiger partial charge >= 0.3 is 0 Å².